The number of ether oxygens (including phenoxy) is 1. The summed E-state index contributed by atoms with van der Waals surface area (Å²) in [6, 6.07) is -7.40. The number of nitrogens with one attached hydrogen (secondary N) is 4. The van der Waals surface area contributed by atoms with Crippen LogP contribution in [0.3, 0.4) is 0 Å². The first-order valence-electron chi connectivity index (χ1n) is 37.3. The van der Waals surface area contributed by atoms with Crippen LogP contribution in [0.15, 0.2) is 48.6 Å². The molecule has 2 aliphatic carbocycles. The highest BCUT2D eigenvalue weighted by atomic mass is 19.4. The number of hydrogen-bond acceptors (Lipinski definition) is 13. The Bertz CT molecular complexity index is 3670. The van der Waals surface area contributed by atoms with E-state index in [1.54, 1.807) is 32.9 Å². The molecule has 7 rings (SSSR count). The van der Waals surface area contributed by atoms with Crippen LogP contribution in [0.2, 0.25) is 0 Å². The van der Waals surface area contributed by atoms with Crippen LogP contribution in [0.4, 0.5) is 35.1 Å². The van der Waals surface area contributed by atoms with Gasteiger partial charge in [0.1, 0.15) is 71.1 Å². The van der Waals surface area contributed by atoms with Gasteiger partial charge in [0.15, 0.2) is 0 Å². The molecule has 2 aromatic carbocycles. The van der Waals surface area contributed by atoms with Gasteiger partial charge in [-0.1, -0.05) is 91.0 Å². The number of halogens is 8. The van der Waals surface area contributed by atoms with Crippen LogP contribution in [-0.4, -0.2) is 252 Å². The van der Waals surface area contributed by atoms with Crippen molar-refractivity contribution in [3.05, 3.63) is 82.4 Å². The largest absolute Gasteiger partial charge is 0.422 e. The third-order valence-corrected chi connectivity index (χ3v) is 21.7. The molecule has 1 spiro atoms. The van der Waals surface area contributed by atoms with E-state index in [2.05, 4.69) is 21.3 Å². The molecule has 0 aromatic heterocycles. The normalized spacial score (nSPS) is 26.0. The zero-order chi connectivity index (χ0) is 81.1. The molecule has 4 fully saturated rings. The highest BCUT2D eigenvalue weighted by Crippen LogP contribution is 2.50. The van der Waals surface area contributed by atoms with Gasteiger partial charge in [-0.3, -0.25) is 57.5 Å². The molecule has 0 radical (unpaired) electrons. The third-order valence-electron chi connectivity index (χ3n) is 21.7. The van der Waals surface area contributed by atoms with Gasteiger partial charge in [0, 0.05) is 81.9 Å². The molecule has 2 saturated heterocycles. The van der Waals surface area contributed by atoms with Crippen LogP contribution < -0.4 is 21.3 Å². The maximum Gasteiger partial charge on any atom is 0.422 e. The van der Waals surface area contributed by atoms with Gasteiger partial charge in [0.25, 0.3) is 0 Å². The lowest BCUT2D eigenvalue weighted by molar-refractivity contribution is -0.161. The molecule has 3 aliphatic heterocycles. The summed E-state index contributed by atoms with van der Waals surface area (Å²) in [5.41, 5.74) is -5.95. The quantitative estimate of drug-likeness (QED) is 0.122. The average molecular weight is 1550 g/mol. The summed E-state index contributed by atoms with van der Waals surface area (Å²) in [7, 11) is 9.28. The number of fused-ring (bicyclic) bond motifs is 3. The Morgan fingerprint density at radius 1 is 0.679 bits per heavy atom. The highest BCUT2D eigenvalue weighted by Gasteiger charge is 2.59. The lowest BCUT2D eigenvalue weighted by atomic mass is 9.58. The summed E-state index contributed by atoms with van der Waals surface area (Å²) in [6.45, 7) is 8.41. The molecule has 25 nitrogen and oxygen atoms in total. The smallest absolute Gasteiger partial charge is 0.377 e. The van der Waals surface area contributed by atoms with E-state index >= 15 is 37.5 Å². The summed E-state index contributed by atoms with van der Waals surface area (Å²) in [6.07, 6.45) is -7.08. The summed E-state index contributed by atoms with van der Waals surface area (Å²) in [4.78, 5) is 189. The van der Waals surface area contributed by atoms with E-state index in [0.717, 1.165) is 60.7 Å². The molecule has 604 valence electrons. The minimum atomic E-state index is -5.46. The van der Waals surface area contributed by atoms with Crippen molar-refractivity contribution < 1.29 is 97.4 Å². The molecule has 4 N–H and O–H groups in total. The molecule has 2 aromatic rings. The Hall–Kier alpha value is -8.78. The van der Waals surface area contributed by atoms with Crippen LogP contribution in [-0.2, 0) is 87.5 Å². The molecule has 109 heavy (non-hydrogen) atoms. The van der Waals surface area contributed by atoms with E-state index < -0.39 is 228 Å². The molecule has 33 heteroatoms. The predicted molar refractivity (Wildman–Crippen MR) is 383 cm³/mol. The predicted octanol–water partition coefficient (Wildman–Crippen LogP) is 6.18. The number of carbonyl (C=O) groups is 12. The van der Waals surface area contributed by atoms with E-state index in [1.165, 1.54) is 52.1 Å². The fourth-order valence-electron chi connectivity index (χ4n) is 15.7. The second-order valence-corrected chi connectivity index (χ2v) is 30.8. The molecule has 5 aliphatic rings. The minimum absolute atomic E-state index is 0.0137. The first kappa shape index (κ1) is 87.4. The second-order valence-electron chi connectivity index (χ2n) is 30.8. The summed E-state index contributed by atoms with van der Waals surface area (Å²) in [5.74, 6) is -15.3. The summed E-state index contributed by atoms with van der Waals surface area (Å²) in [5, 5.41) is 11.0. The molecule has 3 heterocycles. The van der Waals surface area contributed by atoms with E-state index in [1.807, 2.05) is 20.8 Å². The van der Waals surface area contributed by atoms with Gasteiger partial charge in [0.2, 0.25) is 70.9 Å². The SMILES string of the molecule is CCCCC1NC(=O)CC(C(=O)N(C)C)N(C)C(=O)C(C2CCCC2)N(C)C(=O)C2(CC(C)(C)C2)NC(=O)C2CC(OCC)CN2C(=O)C(CCc2cc(F)c(C(F)(F)F)c(F)c2)NC(=O)CN(C)C(=O)C(Cc2ccc(C(F)(F)F)cc2)N2CCC=CCC(C2=O)N(C)C(=O)CN(C)C(=O)C([C@@H](C)CC)NC1=O. The van der Waals surface area contributed by atoms with Gasteiger partial charge in [-0.25, -0.2) is 8.78 Å². The highest BCUT2D eigenvalue weighted by molar-refractivity contribution is 6.01. The van der Waals surface area contributed by atoms with Crippen LogP contribution in [0.1, 0.15) is 160 Å². The molecule has 9 unspecified atom stereocenters. The number of benzene rings is 2. The van der Waals surface area contributed by atoms with E-state index in [0.29, 0.717) is 57.1 Å². The lowest BCUT2D eigenvalue weighted by Crippen LogP contribution is -2.71. The molecule has 2 saturated carbocycles. The van der Waals surface area contributed by atoms with Crippen molar-refractivity contribution in [3.63, 3.8) is 0 Å². The Morgan fingerprint density at radius 2 is 1.29 bits per heavy atom. The monoisotopic (exact) mass is 1550 g/mol. The fourth-order valence-corrected chi connectivity index (χ4v) is 15.7. The number of likely N-dealkylation sites (N-methyl/N-ethyl adjacent to an activating group) is 6. The second kappa shape index (κ2) is 36.8. The Kier molecular flexibility index (Phi) is 29.5. The van der Waals surface area contributed by atoms with Crippen LogP contribution in [0.5, 0.6) is 0 Å². The van der Waals surface area contributed by atoms with E-state index in [-0.39, 0.29) is 63.8 Å². The van der Waals surface area contributed by atoms with Crippen molar-refractivity contribution in [2.24, 2.45) is 17.3 Å². The van der Waals surface area contributed by atoms with Crippen molar-refractivity contribution in [2.75, 3.05) is 82.1 Å². The molecule has 10 atom stereocenters. The third kappa shape index (κ3) is 21.4. The van der Waals surface area contributed by atoms with Crippen molar-refractivity contribution in [1.82, 2.24) is 60.5 Å². The average Bonchev–Trinajstić information content (AvgIpc) is 1.01. The Labute approximate surface area is 631 Å². The Morgan fingerprint density at radius 3 is 1.86 bits per heavy atom. The van der Waals surface area contributed by atoms with Gasteiger partial charge in [0.05, 0.1) is 31.2 Å². The molecular weight excluding hydrogens is 1440 g/mol. The standard InChI is InChI=1S/C76H106F8N12O13/c1-14-17-25-52-64(100)87-62(44(4)15-2)70(106)91(10)41-60(99)92(11)54-26-19-18-22-33-95(69(54)105)57(36-45-27-30-48(31-28-45)75(79,80)81)68(104)90(9)40-59(98)86-53(32-29-46-34-50(77)61(51(78)35-46)76(82,83)84)66(102)96-39-49(109-16-3)37-55(96)65(101)88-74(42-73(5,6)43-74)72(108)94(13)63(47-23-20-21-24-47)71(107)93(12)56(38-58(97)85-52)67(103)89(7)8/h18-19,27-28,30-31,34-35,44,47,49,52-57,62-63H,14-17,20-26,29,32-33,36-43H2,1-13H3,(H,85,97)(H,86,98)(H,87,100)(H,88,101)/t44-,49?,52?,53?,54?,55?,56?,57?,62?,63?/m0/s1. The number of nitrogens with zero attached hydrogens (tertiary/aromatic N) is 8. The lowest BCUT2D eigenvalue weighted by Gasteiger charge is -2.54. The number of unbranched alkanes of at least 4 members (excludes halogenated alkanes) is 1. The van der Waals surface area contributed by atoms with E-state index in [4.69, 9.17) is 4.74 Å². The van der Waals surface area contributed by atoms with Gasteiger partial charge >= 0.3 is 12.4 Å². The minimum Gasteiger partial charge on any atom is -0.377 e. The first-order valence-corrected chi connectivity index (χ1v) is 37.3. The molecule has 12 amide bonds. The van der Waals surface area contributed by atoms with E-state index in [9.17, 15) is 55.1 Å². The summed E-state index contributed by atoms with van der Waals surface area (Å²) >= 11 is 0. The zero-order valence-electron chi connectivity index (χ0n) is 64.4. The number of rotatable bonds is 14. The molecular formula is C76H106F8N12O13. The number of carbonyl (C=O) groups excluding carboxylic acids is 12. The Balaban J connectivity index is 1.36. The van der Waals surface area contributed by atoms with Crippen molar-refractivity contribution in [2.45, 2.75) is 223 Å². The maximum atomic E-state index is 15.7. The van der Waals surface area contributed by atoms with Crippen LogP contribution in [0, 0.1) is 28.9 Å². The van der Waals surface area contributed by atoms with Crippen molar-refractivity contribution in [1.29, 1.82) is 0 Å². The van der Waals surface area contributed by atoms with Gasteiger partial charge in [-0.2, -0.15) is 26.3 Å². The summed E-state index contributed by atoms with van der Waals surface area (Å²) < 4.78 is 120. The number of alkyl halides is 6. The van der Waals surface area contributed by atoms with Gasteiger partial charge in [-0.05, 0) is 117 Å². The fraction of sp³-hybridized carbons (Fsp3) is 0.658. The first-order chi connectivity index (χ1) is 51.0. The van der Waals surface area contributed by atoms with Gasteiger partial charge < -0.3 is 65.2 Å². The molecule has 2 bridgehead atoms. The number of aryl methyl sites for hydroxylation is 1. The maximum absolute atomic E-state index is 15.7. The van der Waals surface area contributed by atoms with Crippen LogP contribution in [0.25, 0.3) is 0 Å². The van der Waals surface area contributed by atoms with Crippen molar-refractivity contribution in [3.8, 4) is 0 Å². The topological polar surface area (TPSA) is 288 Å². The number of hydrogen-bond donors (Lipinski definition) is 4. The van der Waals surface area contributed by atoms with Crippen molar-refractivity contribution >= 4 is 70.9 Å². The zero-order valence-corrected chi connectivity index (χ0v) is 64.4. The van der Waals surface area contributed by atoms with Crippen LogP contribution >= 0.6 is 0 Å². The van der Waals surface area contributed by atoms with Gasteiger partial charge in [-0.15, -0.1) is 0 Å². The number of amides is 12.